The predicted octanol–water partition coefficient (Wildman–Crippen LogP) is 4.26. The number of nitrogens with zero attached hydrogens (tertiary/aromatic N) is 1. The van der Waals surface area contributed by atoms with Crippen LogP contribution in [0.1, 0.15) is 32.6 Å². The molecule has 106 valence electrons. The number of likely N-dealkylation sites (N-methyl/N-ethyl adjacent to an activating group) is 1. The van der Waals surface area contributed by atoms with Gasteiger partial charge in [0.15, 0.2) is 0 Å². The van der Waals surface area contributed by atoms with E-state index in [-0.39, 0.29) is 0 Å². The number of halogens is 1. The highest BCUT2D eigenvalue weighted by atomic mass is 35.5. The van der Waals surface area contributed by atoms with Crippen LogP contribution in [0.4, 0.5) is 5.69 Å². The lowest BCUT2D eigenvalue weighted by atomic mass is 9.87. The minimum absolute atomic E-state index is 0.768. The molecule has 0 aliphatic heterocycles. The highest BCUT2D eigenvalue weighted by Crippen LogP contribution is 2.26. The van der Waals surface area contributed by atoms with Gasteiger partial charge in [-0.3, -0.25) is 0 Å². The Labute approximate surface area is 122 Å². The smallest absolute Gasteiger partial charge is 0.0637 e. The number of benzene rings is 1. The predicted molar refractivity (Wildman–Crippen MR) is 84.0 cm³/mol. The largest absolute Gasteiger partial charge is 0.383 e. The zero-order valence-corrected chi connectivity index (χ0v) is 12.8. The fourth-order valence-electron chi connectivity index (χ4n) is 2.84. The molecule has 1 aliphatic carbocycles. The summed E-state index contributed by atoms with van der Waals surface area (Å²) in [5, 5.41) is 4.22. The van der Waals surface area contributed by atoms with Crippen LogP contribution in [0.2, 0.25) is 5.02 Å². The molecule has 19 heavy (non-hydrogen) atoms. The molecule has 0 heterocycles. The zero-order chi connectivity index (χ0) is 13.7. The molecule has 3 heteroatoms. The van der Waals surface area contributed by atoms with Crippen molar-refractivity contribution in [3.05, 3.63) is 29.3 Å². The number of hydrogen-bond donors (Lipinski definition) is 1. The van der Waals surface area contributed by atoms with Gasteiger partial charge in [0.05, 0.1) is 10.7 Å². The normalized spacial score (nSPS) is 23.6. The molecule has 0 atom stereocenters. The maximum absolute atomic E-state index is 6.13. The first kappa shape index (κ1) is 14.7. The van der Waals surface area contributed by atoms with Crippen molar-refractivity contribution in [3.8, 4) is 0 Å². The van der Waals surface area contributed by atoms with Crippen molar-refractivity contribution in [2.75, 3.05) is 25.5 Å². The number of nitrogens with one attached hydrogen (secondary N) is 1. The van der Waals surface area contributed by atoms with Crippen molar-refractivity contribution in [2.45, 2.75) is 38.6 Å². The molecule has 0 spiro atoms. The van der Waals surface area contributed by atoms with Crippen LogP contribution in [0.3, 0.4) is 0 Å². The number of para-hydroxylation sites is 1. The van der Waals surface area contributed by atoms with E-state index in [2.05, 4.69) is 24.2 Å². The Hall–Kier alpha value is -0.730. The van der Waals surface area contributed by atoms with Crippen LogP contribution in [0, 0.1) is 5.92 Å². The van der Waals surface area contributed by atoms with Crippen molar-refractivity contribution < 1.29 is 0 Å². The summed E-state index contributed by atoms with van der Waals surface area (Å²) in [4.78, 5) is 2.50. The van der Waals surface area contributed by atoms with Gasteiger partial charge in [0.2, 0.25) is 0 Å². The molecule has 2 rings (SSSR count). The second-order valence-corrected chi connectivity index (χ2v) is 6.21. The maximum Gasteiger partial charge on any atom is 0.0637 e. The van der Waals surface area contributed by atoms with Crippen LogP contribution in [0.25, 0.3) is 0 Å². The highest BCUT2D eigenvalue weighted by molar-refractivity contribution is 6.33. The molecule has 1 saturated carbocycles. The molecule has 1 aromatic rings. The van der Waals surface area contributed by atoms with Crippen molar-refractivity contribution in [1.29, 1.82) is 0 Å². The third-order valence-corrected chi connectivity index (χ3v) is 4.59. The monoisotopic (exact) mass is 280 g/mol. The van der Waals surface area contributed by atoms with Gasteiger partial charge in [-0.2, -0.15) is 0 Å². The van der Waals surface area contributed by atoms with E-state index < -0.39 is 0 Å². The van der Waals surface area contributed by atoms with Gasteiger partial charge in [-0.05, 0) is 50.8 Å². The fourth-order valence-corrected chi connectivity index (χ4v) is 3.04. The van der Waals surface area contributed by atoms with E-state index in [0.29, 0.717) is 0 Å². The minimum atomic E-state index is 0.768. The molecule has 1 N–H and O–H groups in total. The van der Waals surface area contributed by atoms with Gasteiger partial charge in [0.1, 0.15) is 0 Å². The number of rotatable bonds is 5. The van der Waals surface area contributed by atoms with E-state index in [4.69, 9.17) is 11.6 Å². The SMILES string of the molecule is CC1CCC(N(C)CCNc2ccccc2Cl)CC1. The van der Waals surface area contributed by atoms with Crippen LogP contribution in [0.15, 0.2) is 24.3 Å². The summed E-state index contributed by atoms with van der Waals surface area (Å²) >= 11 is 6.13. The van der Waals surface area contributed by atoms with Crippen molar-refractivity contribution in [3.63, 3.8) is 0 Å². The van der Waals surface area contributed by atoms with Crippen LogP contribution >= 0.6 is 11.6 Å². The quantitative estimate of drug-likeness (QED) is 0.867. The molecule has 2 nitrogen and oxygen atoms in total. The summed E-state index contributed by atoms with van der Waals surface area (Å²) in [6.45, 7) is 4.39. The summed E-state index contributed by atoms with van der Waals surface area (Å²) in [5.41, 5.74) is 1.04. The zero-order valence-electron chi connectivity index (χ0n) is 12.0. The number of anilines is 1. The van der Waals surface area contributed by atoms with Crippen LogP contribution in [-0.2, 0) is 0 Å². The molecule has 0 aromatic heterocycles. The van der Waals surface area contributed by atoms with E-state index in [1.165, 1.54) is 25.7 Å². The molecule has 0 amide bonds. The van der Waals surface area contributed by atoms with E-state index in [1.807, 2.05) is 24.3 Å². The summed E-state index contributed by atoms with van der Waals surface area (Å²) in [6, 6.07) is 8.70. The van der Waals surface area contributed by atoms with Gasteiger partial charge in [-0.1, -0.05) is 30.7 Å². The molecule has 0 saturated heterocycles. The van der Waals surface area contributed by atoms with Gasteiger partial charge in [0.25, 0.3) is 0 Å². The Morgan fingerprint density at radius 3 is 2.58 bits per heavy atom. The minimum Gasteiger partial charge on any atom is -0.383 e. The molecular weight excluding hydrogens is 256 g/mol. The molecule has 1 aliphatic rings. The molecule has 0 bridgehead atoms. The van der Waals surface area contributed by atoms with E-state index in [0.717, 1.165) is 35.8 Å². The third kappa shape index (κ3) is 4.39. The van der Waals surface area contributed by atoms with Crippen LogP contribution < -0.4 is 5.32 Å². The summed E-state index contributed by atoms with van der Waals surface area (Å²) in [6.07, 6.45) is 5.47. The maximum atomic E-state index is 6.13. The van der Waals surface area contributed by atoms with Crippen LogP contribution in [-0.4, -0.2) is 31.1 Å². The highest BCUT2D eigenvalue weighted by Gasteiger charge is 2.21. The van der Waals surface area contributed by atoms with E-state index in [9.17, 15) is 0 Å². The van der Waals surface area contributed by atoms with E-state index >= 15 is 0 Å². The first-order chi connectivity index (χ1) is 9.16. The Kier molecular flexibility index (Phi) is 5.53. The molecule has 0 radical (unpaired) electrons. The summed E-state index contributed by atoms with van der Waals surface area (Å²) in [7, 11) is 2.24. The van der Waals surface area contributed by atoms with Crippen molar-refractivity contribution in [1.82, 2.24) is 4.90 Å². The molecule has 1 fully saturated rings. The van der Waals surface area contributed by atoms with Gasteiger partial charge >= 0.3 is 0 Å². The summed E-state index contributed by atoms with van der Waals surface area (Å²) < 4.78 is 0. The fraction of sp³-hybridized carbons (Fsp3) is 0.625. The van der Waals surface area contributed by atoms with Crippen LogP contribution in [0.5, 0.6) is 0 Å². The topological polar surface area (TPSA) is 15.3 Å². The third-order valence-electron chi connectivity index (χ3n) is 4.26. The lowest BCUT2D eigenvalue weighted by Crippen LogP contribution is -2.37. The van der Waals surface area contributed by atoms with Gasteiger partial charge in [0, 0.05) is 19.1 Å². The lowest BCUT2D eigenvalue weighted by Gasteiger charge is -2.33. The first-order valence-electron chi connectivity index (χ1n) is 7.35. The molecule has 0 unspecified atom stereocenters. The average molecular weight is 281 g/mol. The number of hydrogen-bond acceptors (Lipinski definition) is 2. The molecule has 1 aromatic carbocycles. The van der Waals surface area contributed by atoms with E-state index in [1.54, 1.807) is 0 Å². The second kappa shape index (κ2) is 7.16. The Bertz CT molecular complexity index is 386. The van der Waals surface area contributed by atoms with Gasteiger partial charge in [-0.25, -0.2) is 0 Å². The van der Waals surface area contributed by atoms with Gasteiger partial charge in [-0.15, -0.1) is 0 Å². The molecular formula is C16H25ClN2. The first-order valence-corrected chi connectivity index (χ1v) is 7.73. The Morgan fingerprint density at radius 2 is 1.89 bits per heavy atom. The second-order valence-electron chi connectivity index (χ2n) is 5.80. The van der Waals surface area contributed by atoms with Crippen molar-refractivity contribution in [2.24, 2.45) is 5.92 Å². The standard InChI is InChI=1S/C16H25ClN2/c1-13-7-9-14(10-8-13)19(2)12-11-18-16-6-4-3-5-15(16)17/h3-6,13-14,18H,7-12H2,1-2H3. The van der Waals surface area contributed by atoms with Gasteiger partial charge < -0.3 is 10.2 Å². The Morgan fingerprint density at radius 1 is 1.21 bits per heavy atom. The lowest BCUT2D eigenvalue weighted by molar-refractivity contribution is 0.175. The summed E-state index contributed by atoms with van der Waals surface area (Å²) in [5.74, 6) is 0.922. The Balaban J connectivity index is 1.72. The average Bonchev–Trinajstić information content (AvgIpc) is 2.41. The van der Waals surface area contributed by atoms with Crippen molar-refractivity contribution >= 4 is 17.3 Å².